The zero-order valence-corrected chi connectivity index (χ0v) is 16.1. The Kier molecular flexibility index (Phi) is 6.26. The van der Waals surface area contributed by atoms with Crippen LogP contribution in [0.2, 0.25) is 10.0 Å². The van der Waals surface area contributed by atoms with Crippen molar-refractivity contribution in [2.75, 3.05) is 5.32 Å². The Bertz CT molecular complexity index is 836. The van der Waals surface area contributed by atoms with Crippen LogP contribution in [0.4, 0.5) is 10.1 Å². The third-order valence-electron chi connectivity index (χ3n) is 4.00. The van der Waals surface area contributed by atoms with Crippen molar-refractivity contribution in [2.45, 2.75) is 32.7 Å². The minimum atomic E-state index is -0.730. The lowest BCUT2D eigenvalue weighted by Gasteiger charge is -2.24. The van der Waals surface area contributed by atoms with E-state index in [2.05, 4.69) is 10.6 Å². The molecule has 0 aliphatic rings. The minimum Gasteiger partial charge on any atom is -0.347 e. The van der Waals surface area contributed by atoms with Crippen LogP contribution in [0.5, 0.6) is 0 Å². The molecule has 0 unspecified atom stereocenters. The molecule has 2 amide bonds. The number of anilines is 1. The van der Waals surface area contributed by atoms with E-state index >= 15 is 0 Å². The van der Waals surface area contributed by atoms with Gasteiger partial charge >= 0.3 is 0 Å². The molecule has 0 bridgehead atoms. The normalized spacial score (nSPS) is 11.2. The molecule has 0 aliphatic heterocycles. The van der Waals surface area contributed by atoms with Crippen LogP contribution >= 0.6 is 23.2 Å². The molecule has 7 heteroatoms. The average Bonchev–Trinajstić information content (AvgIpc) is 2.58. The second-order valence-electron chi connectivity index (χ2n) is 6.47. The van der Waals surface area contributed by atoms with Crippen molar-refractivity contribution in [2.24, 2.45) is 0 Å². The van der Waals surface area contributed by atoms with Crippen molar-refractivity contribution in [3.8, 4) is 0 Å². The Morgan fingerprint density at radius 1 is 1.04 bits per heavy atom. The first kappa shape index (κ1) is 20.2. The molecule has 0 aromatic heterocycles. The zero-order chi connectivity index (χ0) is 19.5. The molecule has 0 radical (unpaired) electrons. The summed E-state index contributed by atoms with van der Waals surface area (Å²) in [5, 5.41) is 5.43. The summed E-state index contributed by atoms with van der Waals surface area (Å²) in [7, 11) is 0. The predicted octanol–water partition coefficient (Wildman–Crippen LogP) is 5.30. The number of amides is 2. The summed E-state index contributed by atoms with van der Waals surface area (Å²) in [6, 6.07) is 8.53. The Morgan fingerprint density at radius 3 is 2.23 bits per heavy atom. The molecule has 138 valence electrons. The molecular formula is C19H19Cl2FN2O2. The lowest BCUT2D eigenvalue weighted by atomic mass is 10.0. The molecule has 0 saturated carbocycles. The smallest absolute Gasteiger partial charge is 0.257 e. The molecule has 0 fully saturated rings. The third kappa shape index (κ3) is 4.96. The van der Waals surface area contributed by atoms with Gasteiger partial charge in [-0.3, -0.25) is 9.59 Å². The summed E-state index contributed by atoms with van der Waals surface area (Å²) >= 11 is 11.6. The minimum absolute atomic E-state index is 0.0277. The summed E-state index contributed by atoms with van der Waals surface area (Å²) < 4.78 is 13.5. The first-order valence-corrected chi connectivity index (χ1v) is 8.77. The Balaban J connectivity index is 2.11. The van der Waals surface area contributed by atoms with E-state index in [1.807, 2.05) is 20.8 Å². The van der Waals surface area contributed by atoms with Crippen LogP contribution in [0.1, 0.15) is 47.9 Å². The molecular weight excluding hydrogens is 378 g/mol. The summed E-state index contributed by atoms with van der Waals surface area (Å²) in [5.41, 5.74) is 0.590. The van der Waals surface area contributed by atoms with Gasteiger partial charge in [-0.25, -0.2) is 4.39 Å². The topological polar surface area (TPSA) is 58.2 Å². The highest BCUT2D eigenvalue weighted by Gasteiger charge is 2.19. The van der Waals surface area contributed by atoms with Crippen molar-refractivity contribution >= 4 is 40.7 Å². The van der Waals surface area contributed by atoms with Gasteiger partial charge < -0.3 is 10.6 Å². The fourth-order valence-electron chi connectivity index (χ4n) is 2.07. The van der Waals surface area contributed by atoms with Crippen LogP contribution in [0.25, 0.3) is 0 Å². The van der Waals surface area contributed by atoms with Crippen LogP contribution in [-0.2, 0) is 0 Å². The van der Waals surface area contributed by atoms with Crippen LogP contribution in [0, 0.1) is 5.82 Å². The maximum Gasteiger partial charge on any atom is 0.257 e. The number of hydrogen-bond donors (Lipinski definition) is 2. The highest BCUT2D eigenvalue weighted by Crippen LogP contribution is 2.25. The highest BCUT2D eigenvalue weighted by molar-refractivity contribution is 6.37. The third-order valence-corrected chi connectivity index (χ3v) is 4.60. The van der Waals surface area contributed by atoms with Gasteiger partial charge in [0.2, 0.25) is 0 Å². The quantitative estimate of drug-likeness (QED) is 0.673. The molecule has 26 heavy (non-hydrogen) atoms. The van der Waals surface area contributed by atoms with Crippen LogP contribution in [-0.4, -0.2) is 17.4 Å². The van der Waals surface area contributed by atoms with Crippen molar-refractivity contribution < 1.29 is 14.0 Å². The van der Waals surface area contributed by atoms with E-state index in [1.54, 1.807) is 24.3 Å². The van der Waals surface area contributed by atoms with Crippen molar-refractivity contribution in [1.29, 1.82) is 0 Å². The predicted molar refractivity (Wildman–Crippen MR) is 103 cm³/mol. The number of carbonyl (C=O) groups excluding carboxylic acids is 2. The molecule has 0 saturated heterocycles. The van der Waals surface area contributed by atoms with E-state index in [1.165, 1.54) is 6.07 Å². The number of halogens is 3. The highest BCUT2D eigenvalue weighted by atomic mass is 35.5. The summed E-state index contributed by atoms with van der Waals surface area (Å²) in [6.45, 7) is 5.87. The van der Waals surface area contributed by atoms with Crippen molar-refractivity contribution in [1.82, 2.24) is 5.32 Å². The molecule has 2 rings (SSSR count). The molecule has 4 nitrogen and oxygen atoms in total. The second-order valence-corrected chi connectivity index (χ2v) is 7.28. The molecule has 0 spiro atoms. The number of nitrogens with one attached hydrogen (secondary N) is 2. The summed E-state index contributed by atoms with van der Waals surface area (Å²) in [4.78, 5) is 24.5. The average molecular weight is 397 g/mol. The van der Waals surface area contributed by atoms with E-state index in [0.717, 1.165) is 12.5 Å². The first-order valence-electron chi connectivity index (χ1n) is 8.01. The van der Waals surface area contributed by atoms with Crippen LogP contribution < -0.4 is 10.6 Å². The van der Waals surface area contributed by atoms with Crippen LogP contribution in [0.15, 0.2) is 36.4 Å². The van der Waals surface area contributed by atoms with Gasteiger partial charge in [-0.1, -0.05) is 30.1 Å². The van der Waals surface area contributed by atoms with Crippen molar-refractivity contribution in [3.05, 3.63) is 63.4 Å². The lowest BCUT2D eigenvalue weighted by Crippen LogP contribution is -2.42. The van der Waals surface area contributed by atoms with E-state index < -0.39 is 11.7 Å². The first-order chi connectivity index (χ1) is 12.1. The maximum absolute atomic E-state index is 13.5. The molecule has 0 heterocycles. The van der Waals surface area contributed by atoms with Gasteiger partial charge in [-0.15, -0.1) is 0 Å². The van der Waals surface area contributed by atoms with Crippen LogP contribution in [0.3, 0.4) is 0 Å². The number of benzene rings is 2. The maximum atomic E-state index is 13.5. The van der Waals surface area contributed by atoms with Crippen molar-refractivity contribution in [3.63, 3.8) is 0 Å². The Labute approximate surface area is 161 Å². The SMILES string of the molecule is CCC(C)(C)NC(=O)c1ccc(NC(=O)c2cc(F)c(Cl)cc2Cl)cc1. The largest absolute Gasteiger partial charge is 0.347 e. The van der Waals surface area contributed by atoms with Gasteiger partial charge in [-0.05, 0) is 56.7 Å². The molecule has 0 atom stereocenters. The molecule has 2 aromatic carbocycles. The van der Waals surface area contributed by atoms with Gasteiger partial charge in [0.05, 0.1) is 15.6 Å². The summed E-state index contributed by atoms with van der Waals surface area (Å²) in [6.07, 6.45) is 0.797. The van der Waals surface area contributed by atoms with Gasteiger partial charge in [0.25, 0.3) is 11.8 Å². The van der Waals surface area contributed by atoms with Gasteiger partial charge in [-0.2, -0.15) is 0 Å². The monoisotopic (exact) mass is 396 g/mol. The summed E-state index contributed by atoms with van der Waals surface area (Å²) in [5.74, 6) is -1.50. The number of rotatable bonds is 5. The standard InChI is InChI=1S/C19H19Cl2FN2O2/c1-4-19(2,3)24-17(25)11-5-7-12(8-6-11)23-18(26)13-9-16(22)15(21)10-14(13)20/h5-10H,4H2,1-3H3,(H,23,26)(H,24,25). The van der Waals surface area contributed by atoms with E-state index in [0.29, 0.717) is 11.3 Å². The van der Waals surface area contributed by atoms with Gasteiger partial charge in [0.15, 0.2) is 0 Å². The fraction of sp³-hybridized carbons (Fsp3) is 0.263. The van der Waals surface area contributed by atoms with Gasteiger partial charge in [0.1, 0.15) is 5.82 Å². The zero-order valence-electron chi connectivity index (χ0n) is 14.6. The van der Waals surface area contributed by atoms with Gasteiger partial charge in [0, 0.05) is 16.8 Å². The number of hydrogen-bond acceptors (Lipinski definition) is 2. The lowest BCUT2D eigenvalue weighted by molar-refractivity contribution is 0.0911. The fourth-order valence-corrected chi connectivity index (χ4v) is 2.54. The Hall–Kier alpha value is -2.11. The van der Waals surface area contributed by atoms with E-state index in [-0.39, 0.29) is 27.1 Å². The van der Waals surface area contributed by atoms with E-state index in [9.17, 15) is 14.0 Å². The van der Waals surface area contributed by atoms with E-state index in [4.69, 9.17) is 23.2 Å². The molecule has 0 aliphatic carbocycles. The molecule has 2 aromatic rings. The number of carbonyl (C=O) groups is 2. The Morgan fingerprint density at radius 2 is 1.65 bits per heavy atom. The molecule has 2 N–H and O–H groups in total. The second kappa shape index (κ2) is 8.06.